The molecule has 126 valence electrons. The average Bonchev–Trinajstić information content (AvgIpc) is 2.55. The first-order valence-corrected chi connectivity index (χ1v) is 7.90. The average molecular weight is 320 g/mol. The molecule has 0 saturated heterocycles. The molecule has 1 heterocycles. The quantitative estimate of drug-likeness (QED) is 0.871. The maximum absolute atomic E-state index is 12.7. The van der Waals surface area contributed by atoms with Gasteiger partial charge in [0.05, 0.1) is 11.7 Å². The van der Waals surface area contributed by atoms with Crippen LogP contribution in [-0.4, -0.2) is 53.2 Å². The number of rotatable bonds is 6. The summed E-state index contributed by atoms with van der Waals surface area (Å²) in [5, 5.41) is 8.88. The van der Waals surface area contributed by atoms with Gasteiger partial charge in [0, 0.05) is 31.8 Å². The minimum Gasteiger partial charge on any atom is -0.477 e. The fourth-order valence-electron chi connectivity index (χ4n) is 3.77. The SMILES string of the molecule is CCC1(CC)C(OC)CC1N(C)C(=O)c1ccc(C(=O)O)nc1. The summed E-state index contributed by atoms with van der Waals surface area (Å²) in [6.07, 6.45) is 4.21. The molecule has 1 aromatic rings. The third-order valence-electron chi connectivity index (χ3n) is 5.36. The molecule has 23 heavy (non-hydrogen) atoms. The van der Waals surface area contributed by atoms with Gasteiger partial charge in [-0.1, -0.05) is 13.8 Å². The largest absolute Gasteiger partial charge is 0.477 e. The number of carbonyl (C=O) groups excluding carboxylic acids is 1. The Morgan fingerprint density at radius 1 is 1.39 bits per heavy atom. The number of methoxy groups -OCH3 is 1. The van der Waals surface area contributed by atoms with Gasteiger partial charge in [-0.15, -0.1) is 0 Å². The predicted octanol–water partition coefficient (Wildman–Crippen LogP) is 2.45. The lowest BCUT2D eigenvalue weighted by atomic mass is 9.58. The van der Waals surface area contributed by atoms with E-state index < -0.39 is 5.97 Å². The summed E-state index contributed by atoms with van der Waals surface area (Å²) in [6, 6.07) is 2.99. The van der Waals surface area contributed by atoms with Crippen LogP contribution >= 0.6 is 0 Å². The van der Waals surface area contributed by atoms with Crippen LogP contribution in [0.4, 0.5) is 0 Å². The van der Waals surface area contributed by atoms with Crippen molar-refractivity contribution in [3.8, 4) is 0 Å². The number of carboxylic acids is 1. The third-order valence-corrected chi connectivity index (χ3v) is 5.36. The summed E-state index contributed by atoms with van der Waals surface area (Å²) in [5.74, 6) is -1.24. The lowest BCUT2D eigenvalue weighted by Crippen LogP contribution is -2.64. The van der Waals surface area contributed by atoms with Crippen LogP contribution in [0.15, 0.2) is 18.3 Å². The van der Waals surface area contributed by atoms with E-state index in [4.69, 9.17) is 9.84 Å². The number of ether oxygens (including phenoxy) is 1. The Morgan fingerprint density at radius 3 is 2.48 bits per heavy atom. The maximum atomic E-state index is 12.7. The Kier molecular flexibility index (Phi) is 5.04. The molecule has 1 N–H and O–H groups in total. The Bertz CT molecular complexity index is 581. The smallest absolute Gasteiger partial charge is 0.354 e. The third kappa shape index (κ3) is 2.83. The molecule has 1 saturated carbocycles. The molecule has 2 unspecified atom stereocenters. The topological polar surface area (TPSA) is 79.7 Å². The molecule has 0 spiro atoms. The van der Waals surface area contributed by atoms with Crippen molar-refractivity contribution in [2.75, 3.05) is 14.2 Å². The molecule has 2 atom stereocenters. The summed E-state index contributed by atoms with van der Waals surface area (Å²) in [7, 11) is 3.52. The minimum absolute atomic E-state index is 0.0202. The van der Waals surface area contributed by atoms with Gasteiger partial charge in [-0.3, -0.25) is 4.79 Å². The molecular formula is C17H24N2O4. The second kappa shape index (κ2) is 6.66. The van der Waals surface area contributed by atoms with Gasteiger partial charge >= 0.3 is 5.97 Å². The van der Waals surface area contributed by atoms with Gasteiger partial charge in [-0.25, -0.2) is 9.78 Å². The van der Waals surface area contributed by atoms with E-state index in [-0.39, 0.29) is 29.2 Å². The second-order valence-corrected chi connectivity index (χ2v) is 6.07. The molecule has 6 heteroatoms. The van der Waals surface area contributed by atoms with E-state index >= 15 is 0 Å². The Labute approximate surface area is 136 Å². The van der Waals surface area contributed by atoms with Gasteiger partial charge in [0.1, 0.15) is 5.69 Å². The number of carbonyl (C=O) groups is 2. The van der Waals surface area contributed by atoms with E-state index in [1.807, 2.05) is 0 Å². The second-order valence-electron chi connectivity index (χ2n) is 6.07. The predicted molar refractivity (Wildman–Crippen MR) is 85.5 cm³/mol. The van der Waals surface area contributed by atoms with Crippen molar-refractivity contribution in [2.24, 2.45) is 5.41 Å². The first-order valence-electron chi connectivity index (χ1n) is 7.90. The van der Waals surface area contributed by atoms with E-state index in [1.54, 1.807) is 19.1 Å². The Balaban J connectivity index is 2.18. The van der Waals surface area contributed by atoms with Crippen LogP contribution in [0.3, 0.4) is 0 Å². The standard InChI is InChI=1S/C17H24N2O4/c1-5-17(6-2)13(9-14(17)23-4)19(3)15(20)11-7-8-12(16(21)22)18-10-11/h7-8,10,13-14H,5-6,9H2,1-4H3,(H,21,22). The van der Waals surface area contributed by atoms with Gasteiger partial charge in [-0.2, -0.15) is 0 Å². The van der Waals surface area contributed by atoms with Crippen molar-refractivity contribution in [3.63, 3.8) is 0 Å². The number of hydrogen-bond donors (Lipinski definition) is 1. The lowest BCUT2D eigenvalue weighted by Gasteiger charge is -2.57. The van der Waals surface area contributed by atoms with E-state index in [1.165, 1.54) is 18.3 Å². The molecule has 0 radical (unpaired) electrons. The molecule has 0 aliphatic heterocycles. The van der Waals surface area contributed by atoms with Crippen molar-refractivity contribution in [2.45, 2.75) is 45.3 Å². The highest BCUT2D eigenvalue weighted by molar-refractivity contribution is 5.95. The molecule has 1 aromatic heterocycles. The summed E-state index contributed by atoms with van der Waals surface area (Å²) >= 11 is 0. The van der Waals surface area contributed by atoms with E-state index in [0.717, 1.165) is 19.3 Å². The molecule has 0 aromatic carbocycles. The Morgan fingerprint density at radius 2 is 2.04 bits per heavy atom. The van der Waals surface area contributed by atoms with Crippen molar-refractivity contribution in [1.29, 1.82) is 0 Å². The number of aromatic nitrogens is 1. The Hall–Kier alpha value is -1.95. The molecule has 6 nitrogen and oxygen atoms in total. The zero-order chi connectivity index (χ0) is 17.2. The lowest BCUT2D eigenvalue weighted by molar-refractivity contribution is -0.147. The molecular weight excluding hydrogens is 296 g/mol. The highest BCUT2D eigenvalue weighted by atomic mass is 16.5. The van der Waals surface area contributed by atoms with Crippen LogP contribution in [-0.2, 0) is 4.74 Å². The first-order chi connectivity index (χ1) is 10.9. The molecule has 1 aliphatic rings. The normalized spacial score (nSPS) is 22.3. The van der Waals surface area contributed by atoms with Crippen molar-refractivity contribution < 1.29 is 19.4 Å². The molecule has 2 rings (SSSR count). The summed E-state index contributed by atoms with van der Waals surface area (Å²) < 4.78 is 5.58. The van der Waals surface area contributed by atoms with E-state index in [9.17, 15) is 9.59 Å². The molecule has 1 amide bonds. The zero-order valence-electron chi connectivity index (χ0n) is 14.1. The first kappa shape index (κ1) is 17.4. The summed E-state index contributed by atoms with van der Waals surface area (Å²) in [4.78, 5) is 29.1. The monoisotopic (exact) mass is 320 g/mol. The van der Waals surface area contributed by atoms with E-state index in [0.29, 0.717) is 5.56 Å². The maximum Gasteiger partial charge on any atom is 0.354 e. The van der Waals surface area contributed by atoms with Crippen LogP contribution < -0.4 is 0 Å². The van der Waals surface area contributed by atoms with Crippen LogP contribution in [0.2, 0.25) is 0 Å². The number of hydrogen-bond acceptors (Lipinski definition) is 4. The molecule has 0 bridgehead atoms. The van der Waals surface area contributed by atoms with Crippen LogP contribution in [0.25, 0.3) is 0 Å². The van der Waals surface area contributed by atoms with Gasteiger partial charge in [0.25, 0.3) is 5.91 Å². The zero-order valence-corrected chi connectivity index (χ0v) is 14.1. The fraction of sp³-hybridized carbons (Fsp3) is 0.588. The molecule has 1 aliphatic carbocycles. The van der Waals surface area contributed by atoms with Crippen LogP contribution in [0, 0.1) is 5.41 Å². The van der Waals surface area contributed by atoms with Crippen molar-refractivity contribution in [3.05, 3.63) is 29.6 Å². The van der Waals surface area contributed by atoms with Crippen LogP contribution in [0.1, 0.15) is 54.0 Å². The van der Waals surface area contributed by atoms with Gasteiger partial charge in [-0.05, 0) is 31.4 Å². The number of aromatic carboxylic acids is 1. The highest BCUT2D eigenvalue weighted by Crippen LogP contribution is 2.51. The van der Waals surface area contributed by atoms with Crippen molar-refractivity contribution in [1.82, 2.24) is 9.88 Å². The number of carboxylic acid groups (broad SMARTS) is 1. The number of pyridine rings is 1. The highest BCUT2D eigenvalue weighted by Gasteiger charge is 2.55. The summed E-state index contributed by atoms with van der Waals surface area (Å²) in [5.41, 5.74) is 0.316. The minimum atomic E-state index is -1.10. The van der Waals surface area contributed by atoms with Gasteiger partial charge in [0.15, 0.2) is 0 Å². The molecule has 1 fully saturated rings. The fourth-order valence-corrected chi connectivity index (χ4v) is 3.77. The van der Waals surface area contributed by atoms with E-state index in [2.05, 4.69) is 18.8 Å². The van der Waals surface area contributed by atoms with Gasteiger partial charge < -0.3 is 14.7 Å². The number of amides is 1. The van der Waals surface area contributed by atoms with Crippen molar-refractivity contribution >= 4 is 11.9 Å². The van der Waals surface area contributed by atoms with Crippen LogP contribution in [0.5, 0.6) is 0 Å². The number of nitrogens with zero attached hydrogens (tertiary/aromatic N) is 2. The van der Waals surface area contributed by atoms with Gasteiger partial charge in [0.2, 0.25) is 0 Å². The summed E-state index contributed by atoms with van der Waals surface area (Å²) in [6.45, 7) is 4.26.